The van der Waals surface area contributed by atoms with Crippen molar-refractivity contribution in [2.45, 2.75) is 0 Å². The van der Waals surface area contributed by atoms with Crippen molar-refractivity contribution >= 4 is 35.1 Å². The summed E-state index contributed by atoms with van der Waals surface area (Å²) >= 11 is 12.1. The summed E-state index contributed by atoms with van der Waals surface area (Å²) in [6, 6.07) is 19.0. The van der Waals surface area contributed by atoms with Gasteiger partial charge in [0.1, 0.15) is 23.2 Å². The number of benzene rings is 2. The van der Waals surface area contributed by atoms with Gasteiger partial charge in [-0.1, -0.05) is 53.5 Å². The van der Waals surface area contributed by atoms with Crippen molar-refractivity contribution in [2.75, 3.05) is 0 Å². The zero-order chi connectivity index (χ0) is 17.8. The lowest BCUT2D eigenvalue weighted by atomic mass is 10.0. The van der Waals surface area contributed by atoms with Gasteiger partial charge in [0.05, 0.1) is 5.02 Å². The van der Waals surface area contributed by atoms with Crippen LogP contribution in [-0.4, -0.2) is 5.78 Å². The number of ketones is 1. The molecule has 3 nitrogen and oxygen atoms in total. The van der Waals surface area contributed by atoms with Crippen LogP contribution in [0.1, 0.15) is 16.1 Å². The van der Waals surface area contributed by atoms with E-state index in [1.165, 1.54) is 6.08 Å². The molecule has 0 saturated carbocycles. The first-order valence-corrected chi connectivity index (χ1v) is 8.11. The fraction of sp³-hybridized carbons (Fsp3) is 0. The lowest BCUT2D eigenvalue weighted by Crippen LogP contribution is -2.01. The van der Waals surface area contributed by atoms with Crippen molar-refractivity contribution in [3.8, 4) is 17.4 Å². The summed E-state index contributed by atoms with van der Waals surface area (Å²) in [6.07, 6.45) is 1.42. The highest BCUT2D eigenvalue weighted by atomic mass is 35.5. The van der Waals surface area contributed by atoms with Gasteiger partial charge in [0, 0.05) is 22.2 Å². The van der Waals surface area contributed by atoms with Gasteiger partial charge in [0.2, 0.25) is 5.78 Å². The lowest BCUT2D eigenvalue weighted by molar-refractivity contribution is 0.104. The van der Waals surface area contributed by atoms with E-state index >= 15 is 0 Å². The van der Waals surface area contributed by atoms with Gasteiger partial charge in [-0.15, -0.1) is 0 Å². The van der Waals surface area contributed by atoms with E-state index in [0.29, 0.717) is 32.7 Å². The van der Waals surface area contributed by atoms with Crippen LogP contribution in [-0.2, 0) is 0 Å². The third-order valence-electron chi connectivity index (χ3n) is 3.51. The summed E-state index contributed by atoms with van der Waals surface area (Å²) < 4.78 is 5.70. The van der Waals surface area contributed by atoms with E-state index < -0.39 is 0 Å². The van der Waals surface area contributed by atoms with Gasteiger partial charge in [-0.05, 0) is 30.3 Å². The van der Waals surface area contributed by atoms with E-state index in [1.54, 1.807) is 60.7 Å². The monoisotopic (exact) mass is 367 g/mol. The standard InChI is InChI=1S/C20H11Cl2NO2/c21-15-6-8-17(18(22)11-15)19-9-7-16(25-19)10-14(12-23)20(24)13-4-2-1-3-5-13/h1-11H/b14-10+. The molecule has 0 spiro atoms. The molecule has 3 rings (SSSR count). The van der Waals surface area contributed by atoms with Crippen LogP contribution >= 0.6 is 23.2 Å². The van der Waals surface area contributed by atoms with Crippen LogP contribution in [0.25, 0.3) is 17.4 Å². The number of nitrogens with zero attached hydrogens (tertiary/aromatic N) is 1. The smallest absolute Gasteiger partial charge is 0.203 e. The van der Waals surface area contributed by atoms with Crippen LogP contribution in [0.2, 0.25) is 10.0 Å². The Balaban J connectivity index is 1.92. The summed E-state index contributed by atoms with van der Waals surface area (Å²) in [5.74, 6) is 0.560. The second-order valence-electron chi connectivity index (χ2n) is 5.19. The van der Waals surface area contributed by atoms with Gasteiger partial charge < -0.3 is 4.42 Å². The molecule has 0 unspecified atom stereocenters. The van der Waals surface area contributed by atoms with Crippen LogP contribution < -0.4 is 0 Å². The average Bonchev–Trinajstić information content (AvgIpc) is 3.08. The minimum atomic E-state index is -0.356. The number of hydrogen-bond donors (Lipinski definition) is 0. The normalized spacial score (nSPS) is 11.2. The Morgan fingerprint density at radius 1 is 1.04 bits per heavy atom. The molecule has 5 heteroatoms. The zero-order valence-corrected chi connectivity index (χ0v) is 14.4. The molecule has 0 atom stereocenters. The number of nitriles is 1. The Hall–Kier alpha value is -2.80. The molecule has 1 aromatic heterocycles. The molecule has 0 N–H and O–H groups in total. The highest BCUT2D eigenvalue weighted by molar-refractivity contribution is 6.36. The summed E-state index contributed by atoms with van der Waals surface area (Å²) in [7, 11) is 0. The maximum Gasteiger partial charge on any atom is 0.203 e. The number of rotatable bonds is 4. The highest BCUT2D eigenvalue weighted by Gasteiger charge is 2.14. The molecule has 1 heterocycles. The predicted octanol–water partition coefficient (Wildman–Crippen LogP) is 6.04. The third-order valence-corrected chi connectivity index (χ3v) is 4.06. The maximum atomic E-state index is 12.4. The van der Waals surface area contributed by atoms with Crippen LogP contribution in [0, 0.1) is 11.3 Å². The second kappa shape index (κ2) is 7.40. The molecule has 0 fully saturated rings. The van der Waals surface area contributed by atoms with E-state index in [9.17, 15) is 10.1 Å². The third kappa shape index (κ3) is 3.83. The summed E-state index contributed by atoms with van der Waals surface area (Å²) in [5.41, 5.74) is 1.12. The SMILES string of the molecule is N#C/C(=C\c1ccc(-c2ccc(Cl)cc2Cl)o1)C(=O)c1ccccc1. The molecule has 0 amide bonds. The Labute approximate surface area is 154 Å². The number of carbonyl (C=O) groups is 1. The van der Waals surface area contributed by atoms with E-state index in [1.807, 2.05) is 6.07 Å². The Bertz CT molecular complexity index is 998. The van der Waals surface area contributed by atoms with E-state index in [0.717, 1.165) is 0 Å². The molecule has 2 aromatic carbocycles. The van der Waals surface area contributed by atoms with Gasteiger partial charge in [-0.3, -0.25) is 4.79 Å². The van der Waals surface area contributed by atoms with Gasteiger partial charge in [0.25, 0.3) is 0 Å². The largest absolute Gasteiger partial charge is 0.457 e. The van der Waals surface area contributed by atoms with Gasteiger partial charge >= 0.3 is 0 Å². The number of hydrogen-bond acceptors (Lipinski definition) is 3. The molecule has 0 aliphatic heterocycles. The minimum Gasteiger partial charge on any atom is -0.457 e. The molecular weight excluding hydrogens is 357 g/mol. The maximum absolute atomic E-state index is 12.4. The fourth-order valence-corrected chi connectivity index (χ4v) is 2.80. The van der Waals surface area contributed by atoms with Gasteiger partial charge in [-0.25, -0.2) is 0 Å². The quantitative estimate of drug-likeness (QED) is 0.320. The van der Waals surface area contributed by atoms with Crippen LogP contribution in [0.15, 0.2) is 70.7 Å². The number of Topliss-reactive ketones (excluding diaryl/α,β-unsaturated/α-hetero) is 1. The highest BCUT2D eigenvalue weighted by Crippen LogP contribution is 2.32. The van der Waals surface area contributed by atoms with E-state index in [2.05, 4.69) is 0 Å². The van der Waals surface area contributed by atoms with Crippen molar-refractivity contribution in [1.29, 1.82) is 5.26 Å². The molecule has 0 radical (unpaired) electrons. The zero-order valence-electron chi connectivity index (χ0n) is 12.9. The molecule has 0 bridgehead atoms. The lowest BCUT2D eigenvalue weighted by Gasteiger charge is -2.01. The summed E-state index contributed by atoms with van der Waals surface area (Å²) in [5, 5.41) is 10.3. The molecule has 0 aliphatic carbocycles. The first-order chi connectivity index (χ1) is 12.1. The van der Waals surface area contributed by atoms with Crippen molar-refractivity contribution < 1.29 is 9.21 Å². The minimum absolute atomic E-state index is 0.00527. The van der Waals surface area contributed by atoms with Crippen LogP contribution in [0.3, 0.4) is 0 Å². The molecule has 122 valence electrons. The first kappa shape index (κ1) is 17.0. The Kier molecular flexibility index (Phi) is 5.04. The van der Waals surface area contributed by atoms with Gasteiger partial charge in [-0.2, -0.15) is 5.26 Å². The molecule has 3 aromatic rings. The summed E-state index contributed by atoms with van der Waals surface area (Å²) in [4.78, 5) is 12.4. The number of allylic oxidation sites excluding steroid dienone is 1. The number of halogens is 2. The predicted molar refractivity (Wildman–Crippen MR) is 98.5 cm³/mol. The number of carbonyl (C=O) groups excluding carboxylic acids is 1. The molecule has 0 aliphatic rings. The Morgan fingerprint density at radius 3 is 2.48 bits per heavy atom. The number of furan rings is 1. The Morgan fingerprint density at radius 2 is 1.80 bits per heavy atom. The first-order valence-electron chi connectivity index (χ1n) is 7.35. The average molecular weight is 368 g/mol. The van der Waals surface area contributed by atoms with Crippen molar-refractivity contribution in [3.63, 3.8) is 0 Å². The second-order valence-corrected chi connectivity index (χ2v) is 6.03. The van der Waals surface area contributed by atoms with Crippen LogP contribution in [0.5, 0.6) is 0 Å². The van der Waals surface area contributed by atoms with Crippen molar-refractivity contribution in [3.05, 3.63) is 87.6 Å². The van der Waals surface area contributed by atoms with E-state index in [4.69, 9.17) is 27.6 Å². The van der Waals surface area contributed by atoms with Crippen molar-refractivity contribution in [2.24, 2.45) is 0 Å². The van der Waals surface area contributed by atoms with Crippen LogP contribution in [0.4, 0.5) is 0 Å². The molecular formula is C20H11Cl2NO2. The fourth-order valence-electron chi connectivity index (χ4n) is 2.30. The van der Waals surface area contributed by atoms with Gasteiger partial charge in [0.15, 0.2) is 0 Å². The molecule has 25 heavy (non-hydrogen) atoms. The van der Waals surface area contributed by atoms with E-state index in [-0.39, 0.29) is 11.4 Å². The van der Waals surface area contributed by atoms with Crippen molar-refractivity contribution in [1.82, 2.24) is 0 Å². The summed E-state index contributed by atoms with van der Waals surface area (Å²) in [6.45, 7) is 0. The topological polar surface area (TPSA) is 54.0 Å². The molecule has 0 saturated heterocycles.